The van der Waals surface area contributed by atoms with Gasteiger partial charge in [-0.1, -0.05) is 72.8 Å². The van der Waals surface area contributed by atoms with Gasteiger partial charge in [0, 0.05) is 19.5 Å². The van der Waals surface area contributed by atoms with Crippen molar-refractivity contribution in [3.63, 3.8) is 0 Å². The molecule has 1 atom stereocenters. The van der Waals surface area contributed by atoms with E-state index in [0.29, 0.717) is 19.4 Å². The van der Waals surface area contributed by atoms with Crippen molar-refractivity contribution in [2.24, 2.45) is 0 Å². The highest BCUT2D eigenvalue weighted by molar-refractivity contribution is 5.87. The number of halogens is 1. The zero-order valence-corrected chi connectivity index (χ0v) is 18.3. The van der Waals surface area contributed by atoms with Crippen molar-refractivity contribution in [3.8, 4) is 0 Å². The molecule has 0 aromatic heterocycles. The van der Waals surface area contributed by atoms with Crippen molar-refractivity contribution in [2.75, 3.05) is 6.54 Å². The number of carbonyl (C=O) groups excluding carboxylic acids is 2. The van der Waals surface area contributed by atoms with Gasteiger partial charge in [-0.25, -0.2) is 4.39 Å². The first kappa shape index (κ1) is 23.2. The highest BCUT2D eigenvalue weighted by Gasteiger charge is 2.25. The lowest BCUT2D eigenvalue weighted by Crippen LogP contribution is -2.48. The van der Waals surface area contributed by atoms with Gasteiger partial charge in [0.25, 0.3) is 0 Å². The standard InChI is InChI=1S/C27H29FN2O2/c1-21(27(32)29-19-18-23-10-6-3-7-11-23)30(20-24-12-15-25(28)16-13-24)26(31)17-14-22-8-4-2-5-9-22/h2-13,15-16,21H,14,17-20H2,1H3,(H,29,32)/t21-/m0/s1. The van der Waals surface area contributed by atoms with Crippen LogP contribution in [0.15, 0.2) is 84.9 Å². The van der Waals surface area contributed by atoms with Crippen LogP contribution in [0, 0.1) is 5.82 Å². The Morgan fingerprint density at radius 1 is 0.812 bits per heavy atom. The Labute approximate surface area is 189 Å². The third-order valence-electron chi connectivity index (χ3n) is 5.46. The van der Waals surface area contributed by atoms with Gasteiger partial charge in [0.05, 0.1) is 0 Å². The van der Waals surface area contributed by atoms with Crippen molar-refractivity contribution in [3.05, 3.63) is 107 Å². The molecule has 0 unspecified atom stereocenters. The minimum absolute atomic E-state index is 0.108. The van der Waals surface area contributed by atoms with Crippen LogP contribution in [0.3, 0.4) is 0 Å². The molecule has 1 N–H and O–H groups in total. The van der Waals surface area contributed by atoms with Crippen molar-refractivity contribution < 1.29 is 14.0 Å². The van der Waals surface area contributed by atoms with Crippen LogP contribution in [-0.2, 0) is 29.0 Å². The molecule has 0 saturated carbocycles. The average Bonchev–Trinajstić information content (AvgIpc) is 2.83. The molecular weight excluding hydrogens is 403 g/mol. The Morgan fingerprint density at radius 2 is 1.38 bits per heavy atom. The summed E-state index contributed by atoms with van der Waals surface area (Å²) in [6.07, 6.45) is 1.62. The molecule has 166 valence electrons. The number of benzene rings is 3. The van der Waals surface area contributed by atoms with E-state index in [9.17, 15) is 14.0 Å². The summed E-state index contributed by atoms with van der Waals surface area (Å²) in [7, 11) is 0. The Balaban J connectivity index is 1.64. The van der Waals surface area contributed by atoms with Gasteiger partial charge in [-0.15, -0.1) is 0 Å². The van der Waals surface area contributed by atoms with Crippen LogP contribution in [0.2, 0.25) is 0 Å². The van der Waals surface area contributed by atoms with Crippen molar-refractivity contribution in [1.82, 2.24) is 10.2 Å². The first-order chi connectivity index (χ1) is 15.5. The van der Waals surface area contributed by atoms with E-state index in [1.807, 2.05) is 60.7 Å². The lowest BCUT2D eigenvalue weighted by atomic mass is 10.1. The summed E-state index contributed by atoms with van der Waals surface area (Å²) < 4.78 is 13.3. The number of carbonyl (C=O) groups is 2. The van der Waals surface area contributed by atoms with E-state index in [0.717, 1.165) is 23.1 Å². The third-order valence-corrected chi connectivity index (χ3v) is 5.46. The summed E-state index contributed by atoms with van der Waals surface area (Å²) in [5.74, 6) is -0.637. The highest BCUT2D eigenvalue weighted by Crippen LogP contribution is 2.14. The molecule has 2 amide bonds. The summed E-state index contributed by atoms with van der Waals surface area (Å²) >= 11 is 0. The summed E-state index contributed by atoms with van der Waals surface area (Å²) in [5, 5.41) is 2.94. The van der Waals surface area contributed by atoms with Crippen LogP contribution >= 0.6 is 0 Å². The molecule has 32 heavy (non-hydrogen) atoms. The second-order valence-corrected chi connectivity index (χ2v) is 7.84. The molecule has 0 aliphatic heterocycles. The van der Waals surface area contributed by atoms with Crippen LogP contribution in [-0.4, -0.2) is 29.3 Å². The van der Waals surface area contributed by atoms with E-state index in [-0.39, 0.29) is 24.2 Å². The van der Waals surface area contributed by atoms with Gasteiger partial charge in [-0.2, -0.15) is 0 Å². The molecule has 3 aromatic rings. The highest BCUT2D eigenvalue weighted by atomic mass is 19.1. The van der Waals surface area contributed by atoms with Crippen molar-refractivity contribution in [1.29, 1.82) is 0 Å². The van der Waals surface area contributed by atoms with Gasteiger partial charge < -0.3 is 10.2 Å². The number of amides is 2. The molecule has 3 aromatic carbocycles. The van der Waals surface area contributed by atoms with Gasteiger partial charge in [0.15, 0.2) is 0 Å². The number of rotatable bonds is 10. The SMILES string of the molecule is C[C@@H](C(=O)NCCc1ccccc1)N(Cc1ccc(F)cc1)C(=O)CCc1ccccc1. The molecular formula is C27H29FN2O2. The minimum atomic E-state index is -0.640. The smallest absolute Gasteiger partial charge is 0.242 e. The third kappa shape index (κ3) is 7.05. The maximum absolute atomic E-state index is 13.3. The fraction of sp³-hybridized carbons (Fsp3) is 0.259. The lowest BCUT2D eigenvalue weighted by Gasteiger charge is -2.29. The van der Waals surface area contributed by atoms with Crippen LogP contribution in [0.4, 0.5) is 4.39 Å². The largest absolute Gasteiger partial charge is 0.354 e. The van der Waals surface area contributed by atoms with E-state index in [4.69, 9.17) is 0 Å². The molecule has 4 nitrogen and oxygen atoms in total. The Morgan fingerprint density at radius 3 is 1.97 bits per heavy atom. The molecule has 0 spiro atoms. The monoisotopic (exact) mass is 432 g/mol. The molecule has 0 aliphatic rings. The zero-order chi connectivity index (χ0) is 22.8. The van der Waals surface area contributed by atoms with Crippen molar-refractivity contribution in [2.45, 2.75) is 38.8 Å². The summed E-state index contributed by atoms with van der Waals surface area (Å²) in [6, 6.07) is 25.1. The second kappa shape index (κ2) is 11.8. The second-order valence-electron chi connectivity index (χ2n) is 7.84. The fourth-order valence-corrected chi connectivity index (χ4v) is 3.53. The summed E-state index contributed by atoms with van der Waals surface area (Å²) in [4.78, 5) is 27.5. The van der Waals surface area contributed by atoms with Gasteiger partial charge in [0.1, 0.15) is 11.9 Å². The molecule has 0 aliphatic carbocycles. The van der Waals surface area contributed by atoms with Crippen LogP contribution < -0.4 is 5.32 Å². The first-order valence-electron chi connectivity index (χ1n) is 10.9. The molecule has 0 fully saturated rings. The number of nitrogens with zero attached hydrogens (tertiary/aromatic N) is 1. The van der Waals surface area contributed by atoms with Crippen LogP contribution in [0.25, 0.3) is 0 Å². The van der Waals surface area contributed by atoms with Crippen molar-refractivity contribution >= 4 is 11.8 Å². The van der Waals surface area contributed by atoms with Gasteiger partial charge >= 0.3 is 0 Å². The molecule has 0 bridgehead atoms. The van der Waals surface area contributed by atoms with Gasteiger partial charge in [-0.05, 0) is 48.6 Å². The normalized spacial score (nSPS) is 11.6. The molecule has 5 heteroatoms. The minimum Gasteiger partial charge on any atom is -0.354 e. The fourth-order valence-electron chi connectivity index (χ4n) is 3.53. The Bertz CT molecular complexity index is 991. The van der Waals surface area contributed by atoms with E-state index in [2.05, 4.69) is 5.32 Å². The molecule has 0 heterocycles. The number of aryl methyl sites for hydroxylation is 1. The maximum atomic E-state index is 13.3. The zero-order valence-electron chi connectivity index (χ0n) is 18.3. The van der Waals surface area contributed by atoms with E-state index in [1.54, 1.807) is 24.0 Å². The maximum Gasteiger partial charge on any atom is 0.242 e. The molecule has 0 saturated heterocycles. The van der Waals surface area contributed by atoms with E-state index < -0.39 is 6.04 Å². The summed E-state index contributed by atoms with van der Waals surface area (Å²) in [6.45, 7) is 2.48. The average molecular weight is 433 g/mol. The molecule has 3 rings (SSSR count). The molecule has 0 radical (unpaired) electrons. The lowest BCUT2D eigenvalue weighted by molar-refractivity contribution is -0.140. The Kier molecular flexibility index (Phi) is 8.55. The van der Waals surface area contributed by atoms with Gasteiger partial charge in [-0.3, -0.25) is 9.59 Å². The summed E-state index contributed by atoms with van der Waals surface area (Å²) in [5.41, 5.74) is 2.99. The van der Waals surface area contributed by atoms with E-state index >= 15 is 0 Å². The quantitative estimate of drug-likeness (QED) is 0.512. The topological polar surface area (TPSA) is 49.4 Å². The number of nitrogens with one attached hydrogen (secondary N) is 1. The number of hydrogen-bond donors (Lipinski definition) is 1. The number of hydrogen-bond acceptors (Lipinski definition) is 2. The van der Waals surface area contributed by atoms with Crippen LogP contribution in [0.1, 0.15) is 30.0 Å². The van der Waals surface area contributed by atoms with Gasteiger partial charge in [0.2, 0.25) is 11.8 Å². The predicted molar refractivity (Wildman–Crippen MR) is 124 cm³/mol. The van der Waals surface area contributed by atoms with Crippen LogP contribution in [0.5, 0.6) is 0 Å². The predicted octanol–water partition coefficient (Wildman–Crippen LogP) is 4.53. The van der Waals surface area contributed by atoms with E-state index in [1.165, 1.54) is 12.1 Å². The first-order valence-corrected chi connectivity index (χ1v) is 10.9. The Hall–Kier alpha value is -3.47.